The van der Waals surface area contributed by atoms with E-state index in [1.807, 2.05) is 6.92 Å². The summed E-state index contributed by atoms with van der Waals surface area (Å²) in [5.41, 5.74) is 0.803. The second kappa shape index (κ2) is 2.59. The SMILES string of the molecule is CCn1n[c]c2ccc(F)cc21. The van der Waals surface area contributed by atoms with Crippen LogP contribution in [0.15, 0.2) is 18.2 Å². The number of rotatable bonds is 1. The average Bonchev–Trinajstić information content (AvgIpc) is 2.46. The minimum atomic E-state index is -0.230. The lowest BCUT2D eigenvalue weighted by molar-refractivity contribution is 0.625. The van der Waals surface area contributed by atoms with E-state index in [-0.39, 0.29) is 5.82 Å². The largest absolute Gasteiger partial charge is 0.264 e. The highest BCUT2D eigenvalue weighted by molar-refractivity contribution is 5.77. The maximum atomic E-state index is 12.8. The van der Waals surface area contributed by atoms with Crippen LogP contribution < -0.4 is 0 Å². The van der Waals surface area contributed by atoms with Crippen molar-refractivity contribution in [2.75, 3.05) is 0 Å². The number of hydrogen-bond donors (Lipinski definition) is 0. The second-order valence-corrected chi connectivity index (χ2v) is 2.59. The van der Waals surface area contributed by atoms with Crippen molar-refractivity contribution in [1.29, 1.82) is 0 Å². The molecule has 0 aliphatic heterocycles. The number of halogens is 1. The molecule has 3 heteroatoms. The standard InChI is InChI=1S/C9H8FN2/c1-2-12-9-5-8(10)4-3-7(9)6-11-12/h3-5H,2H2,1H3. The Morgan fingerprint density at radius 2 is 2.42 bits per heavy atom. The first-order chi connectivity index (χ1) is 5.81. The van der Waals surface area contributed by atoms with Gasteiger partial charge >= 0.3 is 0 Å². The number of hydrogen-bond acceptors (Lipinski definition) is 1. The third kappa shape index (κ3) is 0.978. The zero-order valence-electron chi connectivity index (χ0n) is 6.71. The molecule has 0 aliphatic carbocycles. The maximum absolute atomic E-state index is 12.8. The van der Waals surface area contributed by atoms with Crippen molar-refractivity contribution >= 4 is 10.9 Å². The molecule has 0 amide bonds. The van der Waals surface area contributed by atoms with E-state index in [9.17, 15) is 4.39 Å². The molecule has 2 aromatic rings. The molecule has 1 heterocycles. The predicted molar refractivity (Wildman–Crippen MR) is 44.2 cm³/mol. The fourth-order valence-corrected chi connectivity index (χ4v) is 1.22. The molecular weight excluding hydrogens is 155 g/mol. The van der Waals surface area contributed by atoms with Crippen molar-refractivity contribution in [3.63, 3.8) is 0 Å². The highest BCUT2D eigenvalue weighted by atomic mass is 19.1. The average molecular weight is 163 g/mol. The monoisotopic (exact) mass is 163 g/mol. The Hall–Kier alpha value is -1.38. The summed E-state index contributed by atoms with van der Waals surface area (Å²) < 4.78 is 14.5. The number of nitrogens with zero attached hydrogens (tertiary/aromatic N) is 2. The van der Waals surface area contributed by atoms with Gasteiger partial charge in [0.15, 0.2) is 0 Å². The van der Waals surface area contributed by atoms with Crippen LogP contribution in [0.3, 0.4) is 0 Å². The number of aromatic nitrogens is 2. The van der Waals surface area contributed by atoms with Gasteiger partial charge in [-0.2, -0.15) is 5.10 Å². The van der Waals surface area contributed by atoms with E-state index in [2.05, 4.69) is 11.3 Å². The van der Waals surface area contributed by atoms with Gasteiger partial charge in [0.1, 0.15) is 12.0 Å². The van der Waals surface area contributed by atoms with Crippen LogP contribution in [0.1, 0.15) is 6.92 Å². The van der Waals surface area contributed by atoms with E-state index in [1.54, 1.807) is 10.7 Å². The lowest BCUT2D eigenvalue weighted by Crippen LogP contribution is -1.95. The predicted octanol–water partition coefficient (Wildman–Crippen LogP) is 2.00. The summed E-state index contributed by atoms with van der Waals surface area (Å²) in [6.07, 6.45) is 2.81. The van der Waals surface area contributed by atoms with Crippen LogP contribution in [0.4, 0.5) is 4.39 Å². The topological polar surface area (TPSA) is 17.8 Å². The van der Waals surface area contributed by atoms with Gasteiger partial charge in [0, 0.05) is 11.9 Å². The zero-order chi connectivity index (χ0) is 8.55. The van der Waals surface area contributed by atoms with Gasteiger partial charge < -0.3 is 0 Å². The highest BCUT2D eigenvalue weighted by Gasteiger charge is 2.01. The van der Waals surface area contributed by atoms with Gasteiger partial charge in [-0.05, 0) is 25.1 Å². The first kappa shape index (κ1) is 7.28. The minimum absolute atomic E-state index is 0.230. The Kier molecular flexibility index (Phi) is 1.57. The highest BCUT2D eigenvalue weighted by Crippen LogP contribution is 2.13. The normalized spacial score (nSPS) is 10.8. The first-order valence-corrected chi connectivity index (χ1v) is 3.85. The van der Waals surface area contributed by atoms with Gasteiger partial charge in [-0.1, -0.05) is 0 Å². The van der Waals surface area contributed by atoms with Gasteiger partial charge in [0.25, 0.3) is 0 Å². The third-order valence-electron chi connectivity index (χ3n) is 1.83. The molecule has 1 aromatic heterocycles. The Labute approximate surface area is 69.6 Å². The molecule has 12 heavy (non-hydrogen) atoms. The van der Waals surface area contributed by atoms with Crippen LogP contribution in [0.5, 0.6) is 0 Å². The quantitative estimate of drug-likeness (QED) is 0.628. The van der Waals surface area contributed by atoms with Gasteiger partial charge in [-0.25, -0.2) is 4.39 Å². The van der Waals surface area contributed by atoms with E-state index < -0.39 is 0 Å². The molecule has 0 saturated carbocycles. The molecular formula is C9H8FN2. The van der Waals surface area contributed by atoms with Crippen LogP contribution in [0, 0.1) is 12.0 Å². The van der Waals surface area contributed by atoms with Crippen molar-refractivity contribution in [2.24, 2.45) is 0 Å². The Morgan fingerprint density at radius 3 is 3.17 bits per heavy atom. The van der Waals surface area contributed by atoms with Crippen LogP contribution in [-0.2, 0) is 6.54 Å². The van der Waals surface area contributed by atoms with Crippen LogP contribution in [0.25, 0.3) is 10.9 Å². The van der Waals surface area contributed by atoms with Crippen molar-refractivity contribution in [1.82, 2.24) is 9.78 Å². The fraction of sp³-hybridized carbons (Fsp3) is 0.222. The summed E-state index contributed by atoms with van der Waals surface area (Å²) in [7, 11) is 0. The first-order valence-electron chi connectivity index (χ1n) is 3.85. The zero-order valence-corrected chi connectivity index (χ0v) is 6.71. The molecule has 0 atom stereocenters. The lowest BCUT2D eigenvalue weighted by atomic mass is 10.2. The second-order valence-electron chi connectivity index (χ2n) is 2.59. The summed E-state index contributed by atoms with van der Waals surface area (Å²) in [5, 5.41) is 4.84. The number of benzene rings is 1. The van der Waals surface area contributed by atoms with Crippen molar-refractivity contribution in [2.45, 2.75) is 13.5 Å². The van der Waals surface area contributed by atoms with Gasteiger partial charge in [0.2, 0.25) is 0 Å². The van der Waals surface area contributed by atoms with E-state index in [0.29, 0.717) is 0 Å². The summed E-state index contributed by atoms with van der Waals surface area (Å²) in [4.78, 5) is 0. The van der Waals surface area contributed by atoms with Gasteiger partial charge in [-0.3, -0.25) is 4.68 Å². The summed E-state index contributed by atoms with van der Waals surface area (Å²) in [6.45, 7) is 2.70. The number of fused-ring (bicyclic) bond motifs is 1. The van der Waals surface area contributed by atoms with Gasteiger partial charge in [0.05, 0.1) is 5.52 Å². The van der Waals surface area contributed by atoms with E-state index in [4.69, 9.17) is 0 Å². The minimum Gasteiger partial charge on any atom is -0.264 e. The van der Waals surface area contributed by atoms with Crippen molar-refractivity contribution < 1.29 is 4.39 Å². The van der Waals surface area contributed by atoms with Crippen LogP contribution in [-0.4, -0.2) is 9.78 Å². The van der Waals surface area contributed by atoms with Crippen LogP contribution in [0.2, 0.25) is 0 Å². The van der Waals surface area contributed by atoms with E-state index >= 15 is 0 Å². The van der Waals surface area contributed by atoms with Gasteiger partial charge in [-0.15, -0.1) is 0 Å². The molecule has 2 nitrogen and oxygen atoms in total. The fourth-order valence-electron chi connectivity index (χ4n) is 1.22. The van der Waals surface area contributed by atoms with Crippen molar-refractivity contribution in [3.8, 4) is 0 Å². The molecule has 0 N–H and O–H groups in total. The van der Waals surface area contributed by atoms with Crippen molar-refractivity contribution in [3.05, 3.63) is 30.2 Å². The number of aryl methyl sites for hydroxylation is 1. The molecule has 0 aliphatic rings. The maximum Gasteiger partial charge on any atom is 0.125 e. The van der Waals surface area contributed by atoms with Crippen LogP contribution >= 0.6 is 0 Å². The molecule has 0 bridgehead atoms. The molecule has 1 aromatic carbocycles. The van der Waals surface area contributed by atoms with E-state index in [0.717, 1.165) is 17.4 Å². The molecule has 0 saturated heterocycles. The molecule has 61 valence electrons. The summed E-state index contributed by atoms with van der Waals surface area (Å²) >= 11 is 0. The Morgan fingerprint density at radius 1 is 1.58 bits per heavy atom. The van der Waals surface area contributed by atoms with E-state index in [1.165, 1.54) is 12.1 Å². The molecule has 0 unspecified atom stereocenters. The smallest absolute Gasteiger partial charge is 0.125 e. The summed E-state index contributed by atoms with van der Waals surface area (Å²) in [5.74, 6) is -0.230. The lowest BCUT2D eigenvalue weighted by Gasteiger charge is -1.96. The Bertz CT molecular complexity index is 406. The molecule has 0 spiro atoms. The Balaban J connectivity index is 2.75. The molecule has 1 radical (unpaired) electrons. The molecule has 2 rings (SSSR count). The summed E-state index contributed by atoms with van der Waals surface area (Å²) in [6, 6.07) is 4.58. The molecule has 0 fully saturated rings. The third-order valence-corrected chi connectivity index (χ3v) is 1.83.